The Morgan fingerprint density at radius 3 is 2.83 bits per heavy atom. The van der Waals surface area contributed by atoms with E-state index >= 15 is 0 Å². The summed E-state index contributed by atoms with van der Waals surface area (Å²) < 4.78 is 16.9. The summed E-state index contributed by atoms with van der Waals surface area (Å²) in [7, 11) is 0. The zero-order valence-corrected chi connectivity index (χ0v) is 6.50. The van der Waals surface area contributed by atoms with E-state index in [4.69, 9.17) is 9.52 Å². The third kappa shape index (κ3) is 1.81. The van der Waals surface area contributed by atoms with Crippen molar-refractivity contribution < 1.29 is 18.7 Å². The summed E-state index contributed by atoms with van der Waals surface area (Å²) in [5, 5.41) is 8.35. The molecule has 0 atom stereocenters. The highest BCUT2D eigenvalue weighted by Gasteiger charge is 2.11. The van der Waals surface area contributed by atoms with Crippen molar-refractivity contribution in [2.45, 2.75) is 20.0 Å². The summed E-state index contributed by atoms with van der Waals surface area (Å²) in [4.78, 5) is 13.9. The topological polar surface area (TPSA) is 63.3 Å². The Labute approximate surface area is 68.0 Å². The standard InChI is InChI=1S/C7H8FNO3/c1-4-5(3-8)12-6(9-4)2-7(10)11/h2-3H2,1H3,(H,10,11). The maximum absolute atomic E-state index is 12.1. The molecule has 4 nitrogen and oxygen atoms in total. The van der Waals surface area contributed by atoms with E-state index in [-0.39, 0.29) is 18.1 Å². The minimum absolute atomic E-state index is 0.0488. The third-order valence-electron chi connectivity index (χ3n) is 1.36. The van der Waals surface area contributed by atoms with Gasteiger partial charge in [0.15, 0.2) is 5.76 Å². The van der Waals surface area contributed by atoms with Gasteiger partial charge in [-0.3, -0.25) is 4.79 Å². The average Bonchev–Trinajstić information content (AvgIpc) is 2.29. The minimum atomic E-state index is -1.04. The molecule has 0 aliphatic rings. The number of oxazole rings is 1. The number of halogens is 1. The van der Waals surface area contributed by atoms with E-state index in [0.717, 1.165) is 0 Å². The molecule has 0 amide bonds. The molecule has 0 aliphatic heterocycles. The van der Waals surface area contributed by atoms with Crippen molar-refractivity contribution in [3.8, 4) is 0 Å². The lowest BCUT2D eigenvalue weighted by Crippen LogP contribution is -1.99. The number of aromatic nitrogens is 1. The molecule has 1 N–H and O–H groups in total. The molecule has 0 saturated heterocycles. The molecular formula is C7H8FNO3. The SMILES string of the molecule is Cc1nc(CC(=O)O)oc1CF. The van der Waals surface area contributed by atoms with E-state index in [0.29, 0.717) is 5.69 Å². The lowest BCUT2D eigenvalue weighted by atomic mass is 10.4. The lowest BCUT2D eigenvalue weighted by Gasteiger charge is -1.86. The van der Waals surface area contributed by atoms with Crippen LogP contribution >= 0.6 is 0 Å². The number of alkyl halides is 1. The summed E-state index contributed by atoms with van der Waals surface area (Å²) in [6.45, 7) is 0.822. The Bertz CT molecular complexity index is 295. The van der Waals surface area contributed by atoms with Crippen molar-refractivity contribution in [3.63, 3.8) is 0 Å². The van der Waals surface area contributed by atoms with E-state index in [1.165, 1.54) is 0 Å². The van der Waals surface area contributed by atoms with Gasteiger partial charge in [-0.2, -0.15) is 0 Å². The molecule has 1 aromatic rings. The molecule has 0 radical (unpaired) electrons. The normalized spacial score (nSPS) is 10.2. The second-order valence-electron chi connectivity index (χ2n) is 2.32. The fourth-order valence-electron chi connectivity index (χ4n) is 0.817. The first kappa shape index (κ1) is 8.70. The van der Waals surface area contributed by atoms with Crippen molar-refractivity contribution >= 4 is 5.97 Å². The van der Waals surface area contributed by atoms with Crippen molar-refractivity contribution in [2.24, 2.45) is 0 Å². The van der Waals surface area contributed by atoms with Crippen LogP contribution in [0.25, 0.3) is 0 Å². The van der Waals surface area contributed by atoms with Crippen LogP contribution < -0.4 is 0 Å². The average molecular weight is 173 g/mol. The first-order valence-corrected chi connectivity index (χ1v) is 3.36. The van der Waals surface area contributed by atoms with Crippen LogP contribution in [0.3, 0.4) is 0 Å². The fourth-order valence-corrected chi connectivity index (χ4v) is 0.817. The molecule has 0 fully saturated rings. The van der Waals surface area contributed by atoms with Gasteiger partial charge in [-0.15, -0.1) is 0 Å². The van der Waals surface area contributed by atoms with Gasteiger partial charge in [-0.25, -0.2) is 9.37 Å². The highest BCUT2D eigenvalue weighted by Crippen LogP contribution is 2.11. The quantitative estimate of drug-likeness (QED) is 0.742. The summed E-state index contributed by atoms with van der Waals surface area (Å²) in [5.41, 5.74) is 0.411. The van der Waals surface area contributed by atoms with Gasteiger partial charge in [0.25, 0.3) is 0 Å². The van der Waals surface area contributed by atoms with E-state index in [9.17, 15) is 9.18 Å². The predicted molar refractivity (Wildman–Crippen MR) is 37.4 cm³/mol. The van der Waals surface area contributed by atoms with Gasteiger partial charge in [0.1, 0.15) is 13.1 Å². The number of rotatable bonds is 3. The minimum Gasteiger partial charge on any atom is -0.481 e. The number of nitrogens with zero attached hydrogens (tertiary/aromatic N) is 1. The molecule has 0 unspecified atom stereocenters. The summed E-state index contributed by atoms with van der Waals surface area (Å²) in [6, 6.07) is 0. The van der Waals surface area contributed by atoms with E-state index < -0.39 is 12.6 Å². The number of carbonyl (C=O) groups is 1. The number of carboxylic acids is 1. The van der Waals surface area contributed by atoms with Crippen LogP contribution in [-0.4, -0.2) is 16.1 Å². The molecule has 5 heteroatoms. The van der Waals surface area contributed by atoms with Crippen LogP contribution in [0.4, 0.5) is 4.39 Å². The highest BCUT2D eigenvalue weighted by molar-refractivity contribution is 5.68. The molecule has 0 aliphatic carbocycles. The van der Waals surface area contributed by atoms with Crippen LogP contribution in [0.1, 0.15) is 17.3 Å². The number of hydrogen-bond acceptors (Lipinski definition) is 3. The van der Waals surface area contributed by atoms with Crippen LogP contribution in [0.15, 0.2) is 4.42 Å². The van der Waals surface area contributed by atoms with Crippen LogP contribution in [0.2, 0.25) is 0 Å². The van der Waals surface area contributed by atoms with Crippen molar-refractivity contribution in [1.82, 2.24) is 4.98 Å². The van der Waals surface area contributed by atoms with Gasteiger partial charge in [-0.1, -0.05) is 0 Å². The molecule has 0 aromatic carbocycles. The van der Waals surface area contributed by atoms with E-state index in [2.05, 4.69) is 4.98 Å². The van der Waals surface area contributed by atoms with Gasteiger partial charge >= 0.3 is 5.97 Å². The van der Waals surface area contributed by atoms with Gasteiger partial charge < -0.3 is 9.52 Å². The lowest BCUT2D eigenvalue weighted by molar-refractivity contribution is -0.136. The Balaban J connectivity index is 2.82. The molecule has 1 rings (SSSR count). The molecule has 1 aromatic heterocycles. The molecule has 66 valence electrons. The smallest absolute Gasteiger partial charge is 0.312 e. The Morgan fingerprint density at radius 2 is 2.42 bits per heavy atom. The Kier molecular flexibility index (Phi) is 2.42. The van der Waals surface area contributed by atoms with Crippen LogP contribution in [-0.2, 0) is 17.9 Å². The van der Waals surface area contributed by atoms with Crippen molar-refractivity contribution in [1.29, 1.82) is 0 Å². The zero-order valence-electron chi connectivity index (χ0n) is 6.50. The number of carboxylic acid groups (broad SMARTS) is 1. The predicted octanol–water partition coefficient (Wildman–Crippen LogP) is 1.08. The second-order valence-corrected chi connectivity index (χ2v) is 2.32. The molecular weight excluding hydrogens is 165 g/mol. The zero-order chi connectivity index (χ0) is 9.14. The van der Waals surface area contributed by atoms with Crippen molar-refractivity contribution in [3.05, 3.63) is 17.3 Å². The summed E-state index contributed by atoms with van der Waals surface area (Å²) in [5.74, 6) is -0.888. The Hall–Kier alpha value is -1.39. The van der Waals surface area contributed by atoms with Crippen LogP contribution in [0, 0.1) is 6.92 Å². The maximum Gasteiger partial charge on any atom is 0.312 e. The molecule has 0 bridgehead atoms. The molecule has 1 heterocycles. The van der Waals surface area contributed by atoms with Gasteiger partial charge in [0.05, 0.1) is 5.69 Å². The van der Waals surface area contributed by atoms with Gasteiger partial charge in [0.2, 0.25) is 5.89 Å². The second kappa shape index (κ2) is 3.34. The van der Waals surface area contributed by atoms with E-state index in [1.54, 1.807) is 6.92 Å². The third-order valence-corrected chi connectivity index (χ3v) is 1.36. The Morgan fingerprint density at radius 1 is 1.75 bits per heavy atom. The molecule has 12 heavy (non-hydrogen) atoms. The first-order valence-electron chi connectivity index (χ1n) is 3.36. The van der Waals surface area contributed by atoms with Gasteiger partial charge in [0, 0.05) is 0 Å². The van der Waals surface area contributed by atoms with Crippen LogP contribution in [0.5, 0.6) is 0 Å². The van der Waals surface area contributed by atoms with E-state index in [1.807, 2.05) is 0 Å². The molecule has 0 saturated carbocycles. The highest BCUT2D eigenvalue weighted by atomic mass is 19.1. The molecule has 0 spiro atoms. The number of aliphatic carboxylic acids is 1. The summed E-state index contributed by atoms with van der Waals surface area (Å²) >= 11 is 0. The maximum atomic E-state index is 12.1. The number of hydrogen-bond donors (Lipinski definition) is 1. The first-order chi connectivity index (χ1) is 5.63. The monoisotopic (exact) mass is 173 g/mol. The number of aryl methyl sites for hydroxylation is 1. The fraction of sp³-hybridized carbons (Fsp3) is 0.429. The van der Waals surface area contributed by atoms with Crippen molar-refractivity contribution in [2.75, 3.05) is 0 Å². The summed E-state index contributed by atoms with van der Waals surface area (Å²) in [6.07, 6.45) is -0.305. The van der Waals surface area contributed by atoms with Gasteiger partial charge in [-0.05, 0) is 6.92 Å². The largest absolute Gasteiger partial charge is 0.481 e.